The number of ether oxygens (including phenoxy) is 2. The van der Waals surface area contributed by atoms with Crippen LogP contribution in [0.2, 0.25) is 91.7 Å². The van der Waals surface area contributed by atoms with Gasteiger partial charge in [0.1, 0.15) is 0 Å². The Morgan fingerprint density at radius 2 is 0.568 bits per heavy atom. The van der Waals surface area contributed by atoms with Crippen molar-refractivity contribution in [2.45, 2.75) is 98.1 Å². The van der Waals surface area contributed by atoms with Gasteiger partial charge >= 0.3 is 68.5 Å². The van der Waals surface area contributed by atoms with Crippen molar-refractivity contribution in [3.05, 3.63) is 0 Å². The summed E-state index contributed by atoms with van der Waals surface area (Å²) < 4.78 is 63.9. The van der Waals surface area contributed by atoms with Crippen molar-refractivity contribution in [1.29, 1.82) is 0 Å². The smallest absolute Gasteiger partial charge is 0.344 e. The molecule has 0 saturated carbocycles. The quantitative estimate of drug-likeness (QED) is 0.261. The van der Waals surface area contributed by atoms with Gasteiger partial charge in [-0.05, 0) is 98.1 Å². The lowest BCUT2D eigenvalue weighted by molar-refractivity contribution is 0.0923. The van der Waals surface area contributed by atoms with Crippen LogP contribution < -0.4 is 0 Å². The Labute approximate surface area is 233 Å². The molecule has 0 amide bonds. The van der Waals surface area contributed by atoms with Crippen molar-refractivity contribution in [3.8, 4) is 0 Å². The Hall–Kier alpha value is 1.34. The summed E-state index contributed by atoms with van der Waals surface area (Å²) in [5.74, 6) is 0. The molecule has 0 atom stereocenters. The number of hydrogen-bond acceptors (Lipinski definition) is 10. The minimum Gasteiger partial charge on any atom is -0.416 e. The van der Waals surface area contributed by atoms with Crippen LogP contribution in [0.25, 0.3) is 0 Å². The van der Waals surface area contributed by atoms with Gasteiger partial charge in [-0.25, -0.2) is 0 Å². The summed E-state index contributed by atoms with van der Waals surface area (Å²) in [6.45, 7) is 30.0. The fraction of sp³-hybridized carbons (Fsp3) is 1.00. The normalized spacial score (nSPS) is 29.4. The Morgan fingerprint density at radius 1 is 0.351 bits per heavy atom. The highest BCUT2D eigenvalue weighted by molar-refractivity contribution is 6.94. The van der Waals surface area contributed by atoms with E-state index in [1.54, 1.807) is 0 Å². The van der Waals surface area contributed by atoms with Gasteiger partial charge in [-0.1, -0.05) is 0 Å². The van der Waals surface area contributed by atoms with Crippen LogP contribution in [0.3, 0.4) is 0 Å². The second kappa shape index (κ2) is 11.9. The lowest BCUT2D eigenvalue weighted by atomic mass is 10.5. The molecular weight excluding hydrogens is 613 g/mol. The molecule has 2 aliphatic heterocycles. The fourth-order valence-electron chi connectivity index (χ4n) is 5.51. The molecule has 0 aromatic carbocycles. The van der Waals surface area contributed by atoms with Crippen LogP contribution in [0.15, 0.2) is 0 Å². The van der Waals surface area contributed by atoms with E-state index in [9.17, 15) is 0 Å². The van der Waals surface area contributed by atoms with Crippen LogP contribution in [0.5, 0.6) is 0 Å². The van der Waals surface area contributed by atoms with Gasteiger partial charge in [0.05, 0.1) is 12.5 Å². The Kier molecular flexibility index (Phi) is 11.1. The van der Waals surface area contributed by atoms with E-state index in [-0.39, 0.29) is 0 Å². The van der Waals surface area contributed by atoms with E-state index in [1.807, 2.05) is 0 Å². The molecular formula is C19H52O10Si8. The van der Waals surface area contributed by atoms with Crippen LogP contribution in [-0.2, 0) is 42.4 Å². The van der Waals surface area contributed by atoms with Crippen molar-refractivity contribution in [1.82, 2.24) is 0 Å². The molecule has 2 aliphatic rings. The van der Waals surface area contributed by atoms with E-state index in [4.69, 9.17) is 42.4 Å². The van der Waals surface area contributed by atoms with Gasteiger partial charge in [-0.15, -0.1) is 0 Å². The van der Waals surface area contributed by atoms with Crippen LogP contribution in [0.4, 0.5) is 0 Å². The molecule has 0 radical (unpaired) electrons. The molecule has 0 unspecified atom stereocenters. The van der Waals surface area contributed by atoms with Crippen molar-refractivity contribution < 1.29 is 42.4 Å². The van der Waals surface area contributed by atoms with Gasteiger partial charge in [0.25, 0.3) is 0 Å². The monoisotopic (exact) mass is 664 g/mol. The summed E-state index contributed by atoms with van der Waals surface area (Å²) in [6.07, 6.45) is 1.61. The molecule has 2 saturated heterocycles. The molecule has 220 valence electrons. The standard InChI is InChI=1S/C19H52O10Si8/c1-30(2)22-32(5,6)26-36(13,27-33(7,8)23-30)18-20-16-15-17-21-19-37(14)28-34(9,10)24-31(3,4)25-35(11,12)29-37/h15-19H2,1-14H3. The van der Waals surface area contributed by atoms with Crippen LogP contribution in [0, 0.1) is 0 Å². The zero-order chi connectivity index (χ0) is 28.6. The van der Waals surface area contributed by atoms with Gasteiger partial charge in [-0.2, -0.15) is 0 Å². The first kappa shape index (κ1) is 34.5. The predicted molar refractivity (Wildman–Crippen MR) is 163 cm³/mol. The first-order valence-electron chi connectivity index (χ1n) is 13.1. The molecule has 0 bridgehead atoms. The number of hydrogen-bond donors (Lipinski definition) is 0. The Morgan fingerprint density at radius 3 is 0.811 bits per heavy atom. The molecule has 37 heavy (non-hydrogen) atoms. The van der Waals surface area contributed by atoms with Gasteiger partial charge in [0, 0.05) is 13.2 Å². The largest absolute Gasteiger partial charge is 0.416 e. The molecule has 0 N–H and O–H groups in total. The Bertz CT molecular complexity index is 674. The van der Waals surface area contributed by atoms with E-state index in [2.05, 4.69) is 91.7 Å². The highest BCUT2D eigenvalue weighted by Gasteiger charge is 2.54. The Balaban J connectivity index is 1.85. The molecule has 2 rings (SSSR count). The van der Waals surface area contributed by atoms with Gasteiger partial charge in [-0.3, -0.25) is 0 Å². The lowest BCUT2D eigenvalue weighted by Gasteiger charge is -2.47. The third-order valence-electron chi connectivity index (χ3n) is 5.12. The zero-order valence-electron chi connectivity index (χ0n) is 25.6. The summed E-state index contributed by atoms with van der Waals surface area (Å²) in [5, 5.41) is 0. The van der Waals surface area contributed by atoms with E-state index >= 15 is 0 Å². The first-order chi connectivity index (χ1) is 16.4. The van der Waals surface area contributed by atoms with Crippen molar-refractivity contribution >= 4 is 68.5 Å². The molecule has 0 spiro atoms. The minimum atomic E-state index is -2.63. The SMILES string of the molecule is C[Si]1(C)O[Si](C)(C)O[Si](C)(COCCCOC[Si]2(C)O[Si](C)(C)O[Si](C)(C)O[Si](C)(C)O2)O[Si](C)(C)O1. The molecule has 10 nitrogen and oxygen atoms in total. The predicted octanol–water partition coefficient (Wildman–Crippen LogP) is 5.00. The number of rotatable bonds is 8. The molecule has 2 heterocycles. The average molecular weight is 665 g/mol. The highest BCUT2D eigenvalue weighted by Crippen LogP contribution is 2.32. The van der Waals surface area contributed by atoms with E-state index < -0.39 is 68.5 Å². The molecule has 0 aliphatic carbocycles. The summed E-state index contributed by atoms with van der Waals surface area (Å²) in [7, 11) is -19.5. The highest BCUT2D eigenvalue weighted by atomic mass is 28.5. The maximum absolute atomic E-state index is 6.56. The fourth-order valence-corrected chi connectivity index (χ4v) is 47.4. The maximum atomic E-state index is 6.56. The summed E-state index contributed by atoms with van der Waals surface area (Å²) in [4.78, 5) is 0. The second-order valence-electron chi connectivity index (χ2n) is 12.9. The zero-order valence-corrected chi connectivity index (χ0v) is 33.6. The molecule has 0 aromatic rings. The maximum Gasteiger partial charge on any atom is 0.344 e. The summed E-state index contributed by atoms with van der Waals surface area (Å²) >= 11 is 0. The molecule has 2 fully saturated rings. The third-order valence-corrected chi connectivity index (χ3v) is 37.1. The van der Waals surface area contributed by atoms with Crippen LogP contribution >= 0.6 is 0 Å². The molecule has 18 heteroatoms. The van der Waals surface area contributed by atoms with Crippen molar-refractivity contribution in [2.24, 2.45) is 0 Å². The average Bonchev–Trinajstić information content (AvgIpc) is 2.51. The lowest BCUT2D eigenvalue weighted by Crippen LogP contribution is -2.66. The topological polar surface area (TPSA) is 92.3 Å². The minimum absolute atomic E-state index is 0.432. The third kappa shape index (κ3) is 12.4. The van der Waals surface area contributed by atoms with Gasteiger partial charge in [0.15, 0.2) is 0 Å². The second-order valence-corrected chi connectivity index (χ2v) is 41.4. The summed E-state index contributed by atoms with van der Waals surface area (Å²) in [5.41, 5.74) is 0. The first-order valence-corrected chi connectivity index (χ1v) is 35.1. The van der Waals surface area contributed by atoms with Gasteiger partial charge < -0.3 is 42.4 Å². The van der Waals surface area contributed by atoms with E-state index in [1.165, 1.54) is 0 Å². The van der Waals surface area contributed by atoms with E-state index in [0.29, 0.717) is 25.7 Å². The molecule has 0 aromatic heterocycles. The van der Waals surface area contributed by atoms with Gasteiger partial charge in [0.2, 0.25) is 0 Å². The van der Waals surface area contributed by atoms with Crippen molar-refractivity contribution in [2.75, 3.05) is 25.7 Å². The van der Waals surface area contributed by atoms with Crippen LogP contribution in [0.1, 0.15) is 6.42 Å². The van der Waals surface area contributed by atoms with Crippen molar-refractivity contribution in [3.63, 3.8) is 0 Å². The van der Waals surface area contributed by atoms with E-state index in [0.717, 1.165) is 6.42 Å². The van der Waals surface area contributed by atoms with Crippen LogP contribution in [-0.4, -0.2) is 94.2 Å². The summed E-state index contributed by atoms with van der Waals surface area (Å²) in [6, 6.07) is 0.